The van der Waals surface area contributed by atoms with Gasteiger partial charge in [-0.25, -0.2) is 0 Å². The molecule has 0 rings (SSSR count). The third kappa shape index (κ3) is 8.03. The van der Waals surface area contributed by atoms with E-state index in [4.69, 9.17) is 10.2 Å². The van der Waals surface area contributed by atoms with E-state index in [-0.39, 0.29) is 31.4 Å². The fourth-order valence-corrected chi connectivity index (χ4v) is 1.10. The fourth-order valence-electron chi connectivity index (χ4n) is 1.10. The van der Waals surface area contributed by atoms with Crippen LogP contribution in [0.4, 0.5) is 0 Å². The zero-order valence-corrected chi connectivity index (χ0v) is 11.3. The molecule has 0 bridgehead atoms. The Hall–Kier alpha value is -1.14. The van der Waals surface area contributed by atoms with E-state index in [9.17, 15) is 9.59 Å². The highest BCUT2D eigenvalue weighted by molar-refractivity contribution is 5.81. The van der Waals surface area contributed by atoms with Crippen LogP contribution >= 0.6 is 0 Å². The summed E-state index contributed by atoms with van der Waals surface area (Å²) in [6, 6.07) is 0. The molecular weight excluding hydrogens is 236 g/mol. The lowest BCUT2D eigenvalue weighted by Gasteiger charge is -2.17. The minimum absolute atomic E-state index is 0.0430. The molecule has 1 atom stereocenters. The lowest BCUT2D eigenvalue weighted by molar-refractivity contribution is -0.128. The molecule has 0 saturated heterocycles. The van der Waals surface area contributed by atoms with Crippen molar-refractivity contribution < 1.29 is 19.8 Å². The van der Waals surface area contributed by atoms with Crippen LogP contribution in [0.1, 0.15) is 33.6 Å². The molecule has 0 heterocycles. The van der Waals surface area contributed by atoms with E-state index in [2.05, 4.69) is 10.6 Å². The summed E-state index contributed by atoms with van der Waals surface area (Å²) in [6.07, 6.45) is -0.0969. The van der Waals surface area contributed by atoms with Crippen LogP contribution in [0.2, 0.25) is 0 Å². The molecule has 0 aromatic rings. The van der Waals surface area contributed by atoms with Gasteiger partial charge < -0.3 is 20.8 Å². The summed E-state index contributed by atoms with van der Waals surface area (Å²) in [5.41, 5.74) is -0.423. The predicted octanol–water partition coefficient (Wildman–Crippen LogP) is -0.602. The van der Waals surface area contributed by atoms with Crippen molar-refractivity contribution in [1.29, 1.82) is 0 Å². The highest BCUT2D eigenvalue weighted by Gasteiger charge is 2.20. The average molecular weight is 260 g/mol. The number of amides is 2. The van der Waals surface area contributed by atoms with Crippen molar-refractivity contribution in [3.8, 4) is 0 Å². The average Bonchev–Trinajstić information content (AvgIpc) is 2.29. The van der Waals surface area contributed by atoms with Crippen molar-refractivity contribution >= 4 is 11.8 Å². The van der Waals surface area contributed by atoms with Crippen molar-refractivity contribution in [3.05, 3.63) is 0 Å². The summed E-state index contributed by atoms with van der Waals surface area (Å²) in [6.45, 7) is 5.60. The van der Waals surface area contributed by atoms with Crippen LogP contribution in [0, 0.1) is 5.41 Å². The molecule has 6 heteroatoms. The number of aliphatic hydroxyl groups is 2. The lowest BCUT2D eigenvalue weighted by Crippen LogP contribution is -2.36. The largest absolute Gasteiger partial charge is 0.394 e. The maximum atomic E-state index is 11.5. The summed E-state index contributed by atoms with van der Waals surface area (Å²) in [5, 5.41) is 22.8. The molecule has 2 amide bonds. The van der Waals surface area contributed by atoms with E-state index in [1.165, 1.54) is 0 Å². The zero-order chi connectivity index (χ0) is 14.2. The number of carbonyl (C=O) groups excluding carboxylic acids is 2. The standard InChI is InChI=1S/C12H24N2O4/c1-12(2,3)11(18)13-6-4-5-10(17)14-7-9(16)8-15/h9,15-16H,4-8H2,1-3H3,(H,13,18)(H,14,17). The molecule has 4 N–H and O–H groups in total. The minimum Gasteiger partial charge on any atom is -0.394 e. The topological polar surface area (TPSA) is 98.7 Å². The molecule has 106 valence electrons. The number of hydrogen-bond acceptors (Lipinski definition) is 4. The number of aliphatic hydroxyl groups excluding tert-OH is 2. The first-order chi connectivity index (χ1) is 8.27. The van der Waals surface area contributed by atoms with Gasteiger partial charge in [-0.3, -0.25) is 9.59 Å². The second kappa shape index (κ2) is 8.05. The summed E-state index contributed by atoms with van der Waals surface area (Å²) in [4.78, 5) is 22.8. The molecule has 0 fully saturated rings. The summed E-state index contributed by atoms with van der Waals surface area (Å²) in [7, 11) is 0. The van der Waals surface area contributed by atoms with E-state index in [0.29, 0.717) is 13.0 Å². The summed E-state index contributed by atoms with van der Waals surface area (Å²) < 4.78 is 0. The first-order valence-corrected chi connectivity index (χ1v) is 6.11. The van der Waals surface area contributed by atoms with Gasteiger partial charge in [0.25, 0.3) is 0 Å². The van der Waals surface area contributed by atoms with E-state index in [1.807, 2.05) is 20.8 Å². The Morgan fingerprint density at radius 3 is 2.33 bits per heavy atom. The van der Waals surface area contributed by atoms with Crippen molar-refractivity contribution in [3.63, 3.8) is 0 Å². The molecular formula is C12H24N2O4. The SMILES string of the molecule is CC(C)(C)C(=O)NCCCC(=O)NCC(O)CO. The van der Waals surface area contributed by atoms with Gasteiger partial charge in [0.1, 0.15) is 0 Å². The van der Waals surface area contributed by atoms with Crippen LogP contribution in [-0.4, -0.2) is 47.8 Å². The Morgan fingerprint density at radius 2 is 1.83 bits per heavy atom. The number of hydrogen-bond donors (Lipinski definition) is 4. The van der Waals surface area contributed by atoms with Crippen molar-refractivity contribution in [2.45, 2.75) is 39.7 Å². The second-order valence-corrected chi connectivity index (χ2v) is 5.25. The number of rotatable bonds is 7. The normalized spacial score (nSPS) is 12.9. The van der Waals surface area contributed by atoms with Crippen molar-refractivity contribution in [1.82, 2.24) is 10.6 Å². The van der Waals surface area contributed by atoms with Crippen molar-refractivity contribution in [2.24, 2.45) is 5.41 Å². The Bertz CT molecular complexity index is 274. The van der Waals surface area contributed by atoms with Gasteiger partial charge in [-0.05, 0) is 6.42 Å². The molecule has 6 nitrogen and oxygen atoms in total. The Kier molecular flexibility index (Phi) is 7.54. The van der Waals surface area contributed by atoms with Crippen LogP contribution in [0.3, 0.4) is 0 Å². The third-order valence-electron chi connectivity index (χ3n) is 2.29. The van der Waals surface area contributed by atoms with Gasteiger partial charge in [-0.1, -0.05) is 20.8 Å². The van der Waals surface area contributed by atoms with Crippen LogP contribution in [-0.2, 0) is 9.59 Å². The number of carbonyl (C=O) groups is 2. The highest BCUT2D eigenvalue weighted by atomic mass is 16.3. The minimum atomic E-state index is -0.922. The van der Waals surface area contributed by atoms with Gasteiger partial charge in [-0.15, -0.1) is 0 Å². The third-order valence-corrected chi connectivity index (χ3v) is 2.29. The maximum Gasteiger partial charge on any atom is 0.225 e. The first-order valence-electron chi connectivity index (χ1n) is 6.11. The van der Waals surface area contributed by atoms with Crippen LogP contribution in [0.25, 0.3) is 0 Å². The highest BCUT2D eigenvalue weighted by Crippen LogP contribution is 2.12. The Balaban J connectivity index is 3.61. The molecule has 0 aliphatic heterocycles. The van der Waals surface area contributed by atoms with Gasteiger partial charge in [0.05, 0.1) is 12.7 Å². The molecule has 0 aromatic carbocycles. The smallest absolute Gasteiger partial charge is 0.225 e. The monoisotopic (exact) mass is 260 g/mol. The quantitative estimate of drug-likeness (QED) is 0.459. The van der Waals surface area contributed by atoms with Crippen LogP contribution in [0.15, 0.2) is 0 Å². The van der Waals surface area contributed by atoms with Gasteiger partial charge in [0, 0.05) is 24.9 Å². The molecule has 0 aromatic heterocycles. The molecule has 18 heavy (non-hydrogen) atoms. The van der Waals surface area contributed by atoms with Gasteiger partial charge >= 0.3 is 0 Å². The summed E-state index contributed by atoms with van der Waals surface area (Å²) >= 11 is 0. The lowest BCUT2D eigenvalue weighted by atomic mass is 9.96. The van der Waals surface area contributed by atoms with E-state index < -0.39 is 11.5 Å². The van der Waals surface area contributed by atoms with E-state index in [0.717, 1.165) is 0 Å². The zero-order valence-electron chi connectivity index (χ0n) is 11.3. The maximum absolute atomic E-state index is 11.5. The molecule has 1 unspecified atom stereocenters. The van der Waals surface area contributed by atoms with Gasteiger partial charge in [0.15, 0.2) is 0 Å². The van der Waals surface area contributed by atoms with Gasteiger partial charge in [0.2, 0.25) is 11.8 Å². The number of nitrogens with one attached hydrogen (secondary N) is 2. The van der Waals surface area contributed by atoms with E-state index >= 15 is 0 Å². The van der Waals surface area contributed by atoms with Crippen molar-refractivity contribution in [2.75, 3.05) is 19.7 Å². The Morgan fingerprint density at radius 1 is 1.22 bits per heavy atom. The molecule has 0 radical (unpaired) electrons. The molecule has 0 aliphatic carbocycles. The summed E-state index contributed by atoms with van der Waals surface area (Å²) in [5.74, 6) is -0.244. The van der Waals surface area contributed by atoms with E-state index in [1.54, 1.807) is 0 Å². The second-order valence-electron chi connectivity index (χ2n) is 5.25. The van der Waals surface area contributed by atoms with Gasteiger partial charge in [-0.2, -0.15) is 0 Å². The molecule has 0 spiro atoms. The predicted molar refractivity (Wildman–Crippen MR) is 67.8 cm³/mol. The van der Waals surface area contributed by atoms with Crippen LogP contribution < -0.4 is 10.6 Å². The Labute approximate surface area is 108 Å². The van der Waals surface area contributed by atoms with Crippen LogP contribution in [0.5, 0.6) is 0 Å². The fraction of sp³-hybridized carbons (Fsp3) is 0.833. The first kappa shape index (κ1) is 16.9. The molecule has 0 aliphatic rings. The molecule has 0 saturated carbocycles.